The van der Waals surface area contributed by atoms with E-state index in [1.165, 1.54) is 7.11 Å². The Morgan fingerprint density at radius 3 is 2.28 bits per heavy atom. The lowest BCUT2D eigenvalue weighted by Gasteiger charge is -2.14. The van der Waals surface area contributed by atoms with Crippen molar-refractivity contribution < 1.29 is 19.0 Å². The van der Waals surface area contributed by atoms with Gasteiger partial charge in [0.15, 0.2) is 0 Å². The van der Waals surface area contributed by atoms with Gasteiger partial charge >= 0.3 is 5.97 Å². The standard InChI is InChI=1S/C31H27NO4/c1-34-30-18-23(12-17-27(30)31(33)35-2)20-32-28-11-7-6-10-25(28)19-29(32)24-13-15-26(16-14-24)36-21-22-8-4-3-5-9-22/h3-19H,20-21H2,1-2H3. The summed E-state index contributed by atoms with van der Waals surface area (Å²) in [6, 6.07) is 34.5. The van der Waals surface area contributed by atoms with E-state index >= 15 is 0 Å². The SMILES string of the molecule is COC(=O)c1ccc(Cn2c(-c3ccc(OCc4ccccc4)cc3)cc3ccccc32)cc1OC. The molecule has 0 saturated heterocycles. The molecule has 5 aromatic rings. The molecule has 5 rings (SSSR count). The third-order valence-corrected chi connectivity index (χ3v) is 6.22. The molecule has 1 aromatic heterocycles. The van der Waals surface area contributed by atoms with Crippen LogP contribution in [0.2, 0.25) is 0 Å². The minimum atomic E-state index is -0.417. The lowest BCUT2D eigenvalue weighted by molar-refractivity contribution is 0.0597. The van der Waals surface area contributed by atoms with Gasteiger partial charge in [-0.05, 0) is 65.2 Å². The highest BCUT2D eigenvalue weighted by atomic mass is 16.5. The van der Waals surface area contributed by atoms with E-state index in [0.29, 0.717) is 24.5 Å². The molecule has 0 aliphatic carbocycles. The zero-order valence-electron chi connectivity index (χ0n) is 20.3. The van der Waals surface area contributed by atoms with Crippen LogP contribution in [-0.2, 0) is 17.9 Å². The van der Waals surface area contributed by atoms with Gasteiger partial charge < -0.3 is 18.8 Å². The number of carbonyl (C=O) groups is 1. The second-order valence-corrected chi connectivity index (χ2v) is 8.50. The number of carbonyl (C=O) groups excluding carboxylic acids is 1. The second-order valence-electron chi connectivity index (χ2n) is 8.50. The molecule has 180 valence electrons. The average molecular weight is 478 g/mol. The van der Waals surface area contributed by atoms with Crippen LogP contribution < -0.4 is 9.47 Å². The van der Waals surface area contributed by atoms with Gasteiger partial charge in [0.1, 0.15) is 23.7 Å². The van der Waals surface area contributed by atoms with Crippen molar-refractivity contribution in [2.75, 3.05) is 14.2 Å². The Balaban J connectivity index is 1.45. The van der Waals surface area contributed by atoms with Crippen molar-refractivity contribution >= 4 is 16.9 Å². The molecule has 0 aliphatic heterocycles. The first-order valence-corrected chi connectivity index (χ1v) is 11.8. The molecular formula is C31H27NO4. The number of rotatable bonds is 8. The Morgan fingerprint density at radius 1 is 0.778 bits per heavy atom. The Hall–Kier alpha value is -4.51. The number of para-hydroxylation sites is 1. The monoisotopic (exact) mass is 477 g/mol. The molecule has 0 spiro atoms. The summed E-state index contributed by atoms with van der Waals surface area (Å²) in [5.74, 6) is 0.908. The van der Waals surface area contributed by atoms with Crippen LogP contribution in [0.15, 0.2) is 103 Å². The molecule has 36 heavy (non-hydrogen) atoms. The number of methoxy groups -OCH3 is 2. The van der Waals surface area contributed by atoms with Crippen molar-refractivity contribution in [1.29, 1.82) is 0 Å². The highest BCUT2D eigenvalue weighted by molar-refractivity contribution is 5.92. The molecule has 0 N–H and O–H groups in total. The van der Waals surface area contributed by atoms with E-state index in [0.717, 1.165) is 39.0 Å². The smallest absolute Gasteiger partial charge is 0.341 e. The maximum absolute atomic E-state index is 12.1. The summed E-state index contributed by atoms with van der Waals surface area (Å²) in [6.07, 6.45) is 0. The van der Waals surface area contributed by atoms with Crippen LogP contribution in [0.5, 0.6) is 11.5 Å². The Bertz CT molecular complexity index is 1490. The lowest BCUT2D eigenvalue weighted by Crippen LogP contribution is -2.06. The molecule has 0 atom stereocenters. The molecule has 0 saturated carbocycles. The summed E-state index contributed by atoms with van der Waals surface area (Å²) in [5, 5.41) is 1.16. The highest BCUT2D eigenvalue weighted by Gasteiger charge is 2.15. The fourth-order valence-corrected chi connectivity index (χ4v) is 4.38. The third-order valence-electron chi connectivity index (χ3n) is 6.22. The number of aromatic nitrogens is 1. The van der Waals surface area contributed by atoms with E-state index in [9.17, 15) is 4.79 Å². The average Bonchev–Trinajstić information content (AvgIpc) is 3.30. The molecule has 1 heterocycles. The van der Waals surface area contributed by atoms with Gasteiger partial charge in [-0.2, -0.15) is 0 Å². The van der Waals surface area contributed by atoms with Crippen LogP contribution in [-0.4, -0.2) is 24.8 Å². The van der Waals surface area contributed by atoms with Crippen LogP contribution >= 0.6 is 0 Å². The van der Waals surface area contributed by atoms with Gasteiger partial charge in [-0.3, -0.25) is 0 Å². The summed E-state index contributed by atoms with van der Waals surface area (Å²) < 4.78 is 18.6. The molecule has 0 unspecified atom stereocenters. The van der Waals surface area contributed by atoms with E-state index in [2.05, 4.69) is 47.0 Å². The van der Waals surface area contributed by atoms with Crippen molar-refractivity contribution in [2.45, 2.75) is 13.2 Å². The van der Waals surface area contributed by atoms with Gasteiger partial charge in [0.25, 0.3) is 0 Å². The van der Waals surface area contributed by atoms with E-state index < -0.39 is 5.97 Å². The maximum Gasteiger partial charge on any atom is 0.341 e. The number of hydrogen-bond acceptors (Lipinski definition) is 4. The first kappa shape index (κ1) is 23.2. The van der Waals surface area contributed by atoms with Crippen molar-refractivity contribution in [3.63, 3.8) is 0 Å². The van der Waals surface area contributed by atoms with Gasteiger partial charge in [-0.15, -0.1) is 0 Å². The molecule has 5 nitrogen and oxygen atoms in total. The number of hydrogen-bond donors (Lipinski definition) is 0. The predicted molar refractivity (Wildman–Crippen MR) is 142 cm³/mol. The minimum absolute atomic E-state index is 0.410. The van der Waals surface area contributed by atoms with Crippen molar-refractivity contribution in [3.05, 3.63) is 120 Å². The van der Waals surface area contributed by atoms with Crippen LogP contribution in [0, 0.1) is 0 Å². The number of nitrogens with zero attached hydrogens (tertiary/aromatic N) is 1. The van der Waals surface area contributed by atoms with Gasteiger partial charge in [0.05, 0.1) is 14.2 Å². The first-order chi connectivity index (χ1) is 17.7. The topological polar surface area (TPSA) is 49.7 Å². The van der Waals surface area contributed by atoms with Crippen molar-refractivity contribution in [1.82, 2.24) is 4.57 Å². The summed E-state index contributed by atoms with van der Waals surface area (Å²) in [7, 11) is 2.93. The summed E-state index contributed by atoms with van der Waals surface area (Å²) >= 11 is 0. The van der Waals surface area contributed by atoms with Gasteiger partial charge in [0.2, 0.25) is 0 Å². The number of benzene rings is 4. The van der Waals surface area contributed by atoms with Crippen LogP contribution in [0.25, 0.3) is 22.2 Å². The van der Waals surface area contributed by atoms with Crippen molar-refractivity contribution in [2.24, 2.45) is 0 Å². The molecule has 0 amide bonds. The van der Waals surface area contributed by atoms with E-state index in [1.807, 2.05) is 54.6 Å². The zero-order valence-corrected chi connectivity index (χ0v) is 20.3. The van der Waals surface area contributed by atoms with Crippen molar-refractivity contribution in [3.8, 4) is 22.8 Å². The van der Waals surface area contributed by atoms with Crippen LogP contribution in [0.4, 0.5) is 0 Å². The quantitative estimate of drug-likeness (QED) is 0.233. The van der Waals surface area contributed by atoms with Gasteiger partial charge in [-0.25, -0.2) is 4.79 Å². The van der Waals surface area contributed by atoms with E-state index in [4.69, 9.17) is 14.2 Å². The number of esters is 1. The second kappa shape index (κ2) is 10.4. The van der Waals surface area contributed by atoms with E-state index in [1.54, 1.807) is 13.2 Å². The fraction of sp³-hybridized carbons (Fsp3) is 0.129. The molecule has 0 fully saturated rings. The van der Waals surface area contributed by atoms with Gasteiger partial charge in [0, 0.05) is 23.1 Å². The molecule has 0 radical (unpaired) electrons. The Labute approximate surface area is 210 Å². The fourth-order valence-electron chi connectivity index (χ4n) is 4.38. The normalized spacial score (nSPS) is 10.8. The predicted octanol–water partition coefficient (Wildman–Crippen LogP) is 6.73. The summed E-state index contributed by atoms with van der Waals surface area (Å²) in [5.41, 5.74) is 5.89. The summed E-state index contributed by atoms with van der Waals surface area (Å²) in [4.78, 5) is 12.1. The molecule has 0 aliphatic rings. The maximum atomic E-state index is 12.1. The van der Waals surface area contributed by atoms with Crippen LogP contribution in [0.1, 0.15) is 21.5 Å². The van der Waals surface area contributed by atoms with Gasteiger partial charge in [-0.1, -0.05) is 54.6 Å². The molecule has 5 heteroatoms. The Morgan fingerprint density at radius 2 is 1.53 bits per heavy atom. The number of ether oxygens (including phenoxy) is 3. The lowest BCUT2D eigenvalue weighted by atomic mass is 10.1. The Kier molecular flexibility index (Phi) is 6.72. The zero-order chi connectivity index (χ0) is 24.9. The first-order valence-electron chi connectivity index (χ1n) is 11.8. The molecule has 0 bridgehead atoms. The minimum Gasteiger partial charge on any atom is -0.496 e. The highest BCUT2D eigenvalue weighted by Crippen LogP contribution is 2.31. The largest absolute Gasteiger partial charge is 0.496 e. The number of fused-ring (bicyclic) bond motifs is 1. The van der Waals surface area contributed by atoms with Crippen LogP contribution in [0.3, 0.4) is 0 Å². The summed E-state index contributed by atoms with van der Waals surface area (Å²) in [6.45, 7) is 1.15. The molecule has 4 aromatic carbocycles. The van der Waals surface area contributed by atoms with E-state index in [-0.39, 0.29) is 0 Å². The third kappa shape index (κ3) is 4.82. The molecular weight excluding hydrogens is 450 g/mol.